The van der Waals surface area contributed by atoms with Gasteiger partial charge in [0.05, 0.1) is 5.69 Å². The number of aryl methyl sites for hydroxylation is 1. The van der Waals surface area contributed by atoms with E-state index in [1.165, 1.54) is 6.07 Å². The lowest BCUT2D eigenvalue weighted by molar-refractivity contribution is 0.101. The number of pyridine rings is 1. The molecule has 0 aromatic carbocycles. The zero-order valence-electron chi connectivity index (χ0n) is 11.7. The number of aromatic nitrogens is 2. The fourth-order valence-electron chi connectivity index (χ4n) is 2.33. The van der Waals surface area contributed by atoms with Gasteiger partial charge in [-0.1, -0.05) is 0 Å². The number of rotatable bonds is 4. The third-order valence-corrected chi connectivity index (χ3v) is 4.00. The molecule has 0 radical (unpaired) electrons. The zero-order chi connectivity index (χ0) is 15.0. The Morgan fingerprint density at radius 2 is 2.14 bits per heavy atom. The topological polar surface area (TPSA) is 56.0 Å². The van der Waals surface area contributed by atoms with Gasteiger partial charge in [0.15, 0.2) is 0 Å². The molecule has 0 aliphatic heterocycles. The van der Waals surface area contributed by atoms with E-state index in [1.54, 1.807) is 16.8 Å². The van der Waals surface area contributed by atoms with Crippen LogP contribution in [0.3, 0.4) is 0 Å². The highest BCUT2D eigenvalue weighted by atomic mass is 79.9. The molecule has 2 aromatic heterocycles. The molecule has 1 saturated carbocycles. The zero-order valence-corrected chi connectivity index (χ0v) is 13.3. The molecule has 0 bridgehead atoms. The number of carbonyl (C=O) groups is 1. The molecule has 5 nitrogen and oxygen atoms in total. The van der Waals surface area contributed by atoms with E-state index in [2.05, 4.69) is 21.2 Å². The Labute approximate surface area is 130 Å². The predicted octanol–water partition coefficient (Wildman–Crippen LogP) is 3.02. The van der Waals surface area contributed by atoms with Crippen LogP contribution in [0.5, 0.6) is 0 Å². The van der Waals surface area contributed by atoms with E-state index in [9.17, 15) is 9.59 Å². The molecule has 0 saturated heterocycles. The van der Waals surface area contributed by atoms with Crippen LogP contribution in [0.1, 0.15) is 36.3 Å². The van der Waals surface area contributed by atoms with Crippen LogP contribution in [0.4, 0.5) is 5.69 Å². The maximum absolute atomic E-state index is 12.4. The van der Waals surface area contributed by atoms with Crippen LogP contribution in [-0.4, -0.2) is 15.0 Å². The van der Waals surface area contributed by atoms with Gasteiger partial charge >= 0.3 is 0 Å². The maximum Gasteiger partial charge on any atom is 0.272 e. The summed E-state index contributed by atoms with van der Waals surface area (Å²) >= 11 is 3.42. The average Bonchev–Trinajstić information content (AvgIpc) is 3.23. The van der Waals surface area contributed by atoms with Crippen molar-refractivity contribution < 1.29 is 4.79 Å². The smallest absolute Gasteiger partial charge is 0.272 e. The minimum atomic E-state index is -0.158. The summed E-state index contributed by atoms with van der Waals surface area (Å²) in [7, 11) is 0. The molecule has 1 amide bonds. The molecule has 2 heterocycles. The lowest BCUT2D eigenvalue weighted by Gasteiger charge is -2.10. The summed E-state index contributed by atoms with van der Waals surface area (Å²) in [6, 6.07) is 5.35. The second-order valence-electron chi connectivity index (χ2n) is 5.18. The molecule has 21 heavy (non-hydrogen) atoms. The third-order valence-electron chi connectivity index (χ3n) is 3.57. The van der Waals surface area contributed by atoms with Crippen molar-refractivity contribution in [1.82, 2.24) is 9.13 Å². The highest BCUT2D eigenvalue weighted by Crippen LogP contribution is 2.37. The van der Waals surface area contributed by atoms with Crippen molar-refractivity contribution in [2.45, 2.75) is 32.4 Å². The van der Waals surface area contributed by atoms with Crippen molar-refractivity contribution in [3.63, 3.8) is 0 Å². The number of nitrogens with zero attached hydrogens (tertiary/aromatic N) is 2. The highest BCUT2D eigenvalue weighted by Gasteiger charge is 2.27. The largest absolute Gasteiger partial charge is 0.339 e. The van der Waals surface area contributed by atoms with E-state index in [4.69, 9.17) is 0 Å². The third kappa shape index (κ3) is 2.95. The van der Waals surface area contributed by atoms with Crippen molar-refractivity contribution in [2.75, 3.05) is 5.32 Å². The Hall–Kier alpha value is -1.82. The van der Waals surface area contributed by atoms with Crippen LogP contribution >= 0.6 is 15.9 Å². The first-order valence-electron chi connectivity index (χ1n) is 6.97. The average molecular weight is 350 g/mol. The molecule has 0 unspecified atom stereocenters. The maximum atomic E-state index is 12.4. The van der Waals surface area contributed by atoms with Crippen molar-refractivity contribution in [3.05, 3.63) is 51.1 Å². The lowest BCUT2D eigenvalue weighted by atomic mass is 10.3. The summed E-state index contributed by atoms with van der Waals surface area (Å²) in [4.78, 5) is 24.0. The molecule has 3 rings (SSSR count). The molecule has 1 N–H and O–H groups in total. The van der Waals surface area contributed by atoms with E-state index < -0.39 is 0 Å². The molecule has 1 fully saturated rings. The van der Waals surface area contributed by atoms with Crippen LogP contribution in [-0.2, 0) is 6.54 Å². The molecule has 1 aliphatic rings. The monoisotopic (exact) mass is 349 g/mol. The quantitative estimate of drug-likeness (QED) is 0.922. The molecule has 2 aromatic rings. The summed E-state index contributed by atoms with van der Waals surface area (Å²) in [5, 5.41) is 2.86. The number of amides is 1. The normalized spacial score (nSPS) is 14.2. The second kappa shape index (κ2) is 5.52. The fraction of sp³-hybridized carbons (Fsp3) is 0.333. The molecular formula is C15H16BrN3O2. The highest BCUT2D eigenvalue weighted by molar-refractivity contribution is 9.10. The van der Waals surface area contributed by atoms with Crippen molar-refractivity contribution in [3.8, 4) is 0 Å². The van der Waals surface area contributed by atoms with Gasteiger partial charge in [0.25, 0.3) is 11.5 Å². The molecule has 0 spiro atoms. The van der Waals surface area contributed by atoms with E-state index in [0.29, 0.717) is 24.0 Å². The molecule has 6 heteroatoms. The van der Waals surface area contributed by atoms with Gasteiger partial charge in [-0.2, -0.15) is 0 Å². The van der Waals surface area contributed by atoms with Crippen molar-refractivity contribution >= 4 is 27.5 Å². The number of halogens is 1. The number of hydrogen-bond acceptors (Lipinski definition) is 2. The van der Waals surface area contributed by atoms with Crippen LogP contribution in [0.2, 0.25) is 0 Å². The first-order valence-corrected chi connectivity index (χ1v) is 7.77. The Balaban J connectivity index is 1.85. The molecule has 110 valence electrons. The Bertz CT molecular complexity index is 744. The standard InChI is InChI=1S/C15H16BrN3O2/c1-2-18-9-11(3-6-14(18)20)17-15(21)13-7-10(16)8-19(13)12-4-5-12/h3,6-9,12H,2,4-5H2,1H3,(H,17,21). The van der Waals surface area contributed by atoms with Crippen LogP contribution in [0.25, 0.3) is 0 Å². The van der Waals surface area contributed by atoms with Crippen molar-refractivity contribution in [2.24, 2.45) is 0 Å². The summed E-state index contributed by atoms with van der Waals surface area (Å²) in [5.74, 6) is -0.158. The van der Waals surface area contributed by atoms with Gasteiger partial charge in [0.1, 0.15) is 5.69 Å². The SMILES string of the molecule is CCn1cc(NC(=O)c2cc(Br)cn2C2CC2)ccc1=O. The van der Waals surface area contributed by atoms with Crippen LogP contribution in [0, 0.1) is 0 Å². The Kier molecular flexibility index (Phi) is 3.71. The Morgan fingerprint density at radius 1 is 1.38 bits per heavy atom. The van der Waals surface area contributed by atoms with Gasteiger partial charge in [0, 0.05) is 35.5 Å². The van der Waals surface area contributed by atoms with Gasteiger partial charge in [-0.05, 0) is 47.8 Å². The van der Waals surface area contributed by atoms with Gasteiger partial charge < -0.3 is 14.5 Å². The minimum absolute atomic E-state index is 0.0698. The second-order valence-corrected chi connectivity index (χ2v) is 6.09. The predicted molar refractivity (Wildman–Crippen MR) is 84.7 cm³/mol. The summed E-state index contributed by atoms with van der Waals surface area (Å²) in [6.45, 7) is 2.47. The van der Waals surface area contributed by atoms with Gasteiger partial charge in [-0.3, -0.25) is 9.59 Å². The van der Waals surface area contributed by atoms with Crippen LogP contribution in [0.15, 0.2) is 39.9 Å². The van der Waals surface area contributed by atoms with Gasteiger partial charge in [-0.25, -0.2) is 0 Å². The van der Waals surface area contributed by atoms with Gasteiger partial charge in [-0.15, -0.1) is 0 Å². The molecular weight excluding hydrogens is 334 g/mol. The first-order chi connectivity index (χ1) is 10.1. The van der Waals surface area contributed by atoms with Crippen molar-refractivity contribution in [1.29, 1.82) is 0 Å². The number of carbonyl (C=O) groups excluding carboxylic acids is 1. The number of anilines is 1. The van der Waals surface area contributed by atoms with E-state index in [0.717, 1.165) is 17.3 Å². The van der Waals surface area contributed by atoms with Gasteiger partial charge in [0.2, 0.25) is 0 Å². The fourth-order valence-corrected chi connectivity index (χ4v) is 2.77. The summed E-state index contributed by atoms with van der Waals surface area (Å²) in [5.41, 5.74) is 1.19. The van der Waals surface area contributed by atoms with E-state index in [-0.39, 0.29) is 11.5 Å². The Morgan fingerprint density at radius 3 is 2.81 bits per heavy atom. The number of nitrogens with one attached hydrogen (secondary N) is 1. The van der Waals surface area contributed by atoms with E-state index in [1.807, 2.05) is 23.8 Å². The summed E-state index contributed by atoms with van der Waals surface area (Å²) < 4.78 is 4.47. The lowest BCUT2D eigenvalue weighted by Crippen LogP contribution is -2.21. The first kappa shape index (κ1) is 14.1. The minimum Gasteiger partial charge on any atom is -0.339 e. The number of hydrogen-bond donors (Lipinski definition) is 1. The molecule has 1 aliphatic carbocycles. The summed E-state index contributed by atoms with van der Waals surface area (Å²) in [6.07, 6.45) is 5.84. The van der Waals surface area contributed by atoms with Crippen LogP contribution < -0.4 is 10.9 Å². The molecule has 0 atom stereocenters. The van der Waals surface area contributed by atoms with E-state index >= 15 is 0 Å².